The van der Waals surface area contributed by atoms with Crippen LogP contribution in [0.15, 0.2) is 6.33 Å². The van der Waals surface area contributed by atoms with Crippen LogP contribution in [0, 0.1) is 11.8 Å². The average Bonchev–Trinajstić information content (AvgIpc) is 2.82. The summed E-state index contributed by atoms with van der Waals surface area (Å²) < 4.78 is 14.6. The lowest BCUT2D eigenvalue weighted by atomic mass is 9.82. The van der Waals surface area contributed by atoms with Crippen LogP contribution in [0.3, 0.4) is 0 Å². The van der Waals surface area contributed by atoms with Crippen LogP contribution >= 0.6 is 23.2 Å². The number of rotatable bonds is 3. The van der Waals surface area contributed by atoms with Crippen molar-refractivity contribution in [3.63, 3.8) is 0 Å². The van der Waals surface area contributed by atoms with Crippen molar-refractivity contribution in [3.8, 4) is 0 Å². The minimum Gasteiger partial charge on any atom is -0.326 e. The minimum atomic E-state index is -0.196. The van der Waals surface area contributed by atoms with Gasteiger partial charge in [-0.05, 0) is 49.1 Å². The second kappa shape index (κ2) is 5.82. The van der Waals surface area contributed by atoms with Crippen LogP contribution in [-0.2, 0) is 6.54 Å². The zero-order valence-electron chi connectivity index (χ0n) is 10.9. The zero-order chi connectivity index (χ0) is 14.1. The van der Waals surface area contributed by atoms with Crippen LogP contribution in [0.1, 0.15) is 25.7 Å². The summed E-state index contributed by atoms with van der Waals surface area (Å²) in [7, 11) is 0. The number of aromatic nitrogens is 4. The molecule has 1 aliphatic carbocycles. The molecule has 2 aromatic heterocycles. The van der Waals surface area contributed by atoms with E-state index in [2.05, 4.69) is 15.0 Å². The lowest BCUT2D eigenvalue weighted by molar-refractivity contribution is 0.218. The molecule has 0 saturated heterocycles. The van der Waals surface area contributed by atoms with E-state index in [0.717, 1.165) is 37.7 Å². The first kappa shape index (κ1) is 14.0. The third-order valence-corrected chi connectivity index (χ3v) is 4.47. The molecule has 0 radical (unpaired) electrons. The molecule has 0 atom stereocenters. The molecule has 2 heterocycles. The largest absolute Gasteiger partial charge is 0.326 e. The molecule has 0 aliphatic heterocycles. The SMILES string of the molecule is FC[C@H]1CC[C@H](Cn2cnc3nc(Cl)nc(Cl)c32)CC1. The Morgan fingerprint density at radius 1 is 1.15 bits per heavy atom. The summed E-state index contributed by atoms with van der Waals surface area (Å²) in [6.45, 7) is 0.624. The molecule has 0 aromatic carbocycles. The van der Waals surface area contributed by atoms with Crippen molar-refractivity contribution in [2.24, 2.45) is 11.8 Å². The predicted molar refractivity (Wildman–Crippen MR) is 76.8 cm³/mol. The molecule has 2 aromatic rings. The number of alkyl halides is 1. The Morgan fingerprint density at radius 2 is 1.85 bits per heavy atom. The molecule has 0 amide bonds. The number of hydrogen-bond acceptors (Lipinski definition) is 3. The van der Waals surface area contributed by atoms with Gasteiger partial charge < -0.3 is 4.57 Å². The van der Waals surface area contributed by atoms with Gasteiger partial charge in [-0.15, -0.1) is 0 Å². The van der Waals surface area contributed by atoms with E-state index in [1.54, 1.807) is 6.33 Å². The highest BCUT2D eigenvalue weighted by Gasteiger charge is 2.22. The van der Waals surface area contributed by atoms with Crippen molar-refractivity contribution in [1.82, 2.24) is 19.5 Å². The van der Waals surface area contributed by atoms with Crippen molar-refractivity contribution in [2.75, 3.05) is 6.67 Å². The van der Waals surface area contributed by atoms with E-state index in [1.165, 1.54) is 0 Å². The van der Waals surface area contributed by atoms with Crippen molar-refractivity contribution < 1.29 is 4.39 Å². The molecule has 20 heavy (non-hydrogen) atoms. The Morgan fingerprint density at radius 3 is 2.55 bits per heavy atom. The van der Waals surface area contributed by atoms with Gasteiger partial charge in [0.15, 0.2) is 10.8 Å². The molecule has 1 aliphatic rings. The Labute approximate surface area is 126 Å². The zero-order valence-corrected chi connectivity index (χ0v) is 12.4. The highest BCUT2D eigenvalue weighted by molar-refractivity contribution is 6.35. The Kier molecular flexibility index (Phi) is 4.08. The van der Waals surface area contributed by atoms with E-state index in [0.29, 0.717) is 16.7 Å². The van der Waals surface area contributed by atoms with Crippen LogP contribution in [0.25, 0.3) is 11.2 Å². The third-order valence-electron chi connectivity index (χ3n) is 4.04. The van der Waals surface area contributed by atoms with Gasteiger partial charge >= 0.3 is 0 Å². The fourth-order valence-corrected chi connectivity index (χ4v) is 3.38. The van der Waals surface area contributed by atoms with Gasteiger partial charge in [0.25, 0.3) is 0 Å². The normalized spacial score (nSPS) is 23.4. The topological polar surface area (TPSA) is 43.6 Å². The highest BCUT2D eigenvalue weighted by Crippen LogP contribution is 2.31. The van der Waals surface area contributed by atoms with E-state index in [9.17, 15) is 4.39 Å². The minimum absolute atomic E-state index is 0.108. The number of fused-ring (bicyclic) bond motifs is 1. The van der Waals surface area contributed by atoms with Crippen LogP contribution in [0.5, 0.6) is 0 Å². The summed E-state index contributed by atoms with van der Waals surface area (Å²) in [5.41, 5.74) is 1.25. The van der Waals surface area contributed by atoms with E-state index in [-0.39, 0.29) is 17.9 Å². The van der Waals surface area contributed by atoms with Gasteiger partial charge in [-0.1, -0.05) is 11.6 Å². The fourth-order valence-electron chi connectivity index (χ4n) is 2.90. The van der Waals surface area contributed by atoms with Crippen LogP contribution < -0.4 is 0 Å². The smallest absolute Gasteiger partial charge is 0.225 e. The fraction of sp³-hybridized carbons (Fsp3) is 0.615. The van der Waals surface area contributed by atoms with Gasteiger partial charge in [0.2, 0.25) is 5.28 Å². The molecule has 3 rings (SSSR count). The summed E-state index contributed by atoms with van der Waals surface area (Å²) in [6, 6.07) is 0. The van der Waals surface area contributed by atoms with Gasteiger partial charge in [0.1, 0.15) is 5.52 Å². The highest BCUT2D eigenvalue weighted by atomic mass is 35.5. The third kappa shape index (κ3) is 2.74. The molecule has 1 saturated carbocycles. The second-order valence-electron chi connectivity index (χ2n) is 5.39. The maximum atomic E-state index is 12.6. The van der Waals surface area contributed by atoms with Crippen molar-refractivity contribution in [3.05, 3.63) is 16.8 Å². The molecule has 7 heteroatoms. The molecular weight excluding hydrogens is 302 g/mol. The molecular formula is C13H15Cl2FN4. The summed E-state index contributed by atoms with van der Waals surface area (Å²) in [6.07, 6.45) is 5.73. The number of nitrogens with zero attached hydrogens (tertiary/aromatic N) is 4. The van der Waals surface area contributed by atoms with E-state index < -0.39 is 0 Å². The first-order valence-electron chi connectivity index (χ1n) is 6.77. The lowest BCUT2D eigenvalue weighted by Gasteiger charge is -2.27. The first-order chi connectivity index (χ1) is 9.67. The molecule has 0 bridgehead atoms. The Hall–Kier alpha value is -0.940. The van der Waals surface area contributed by atoms with E-state index >= 15 is 0 Å². The molecule has 0 spiro atoms. The van der Waals surface area contributed by atoms with Gasteiger partial charge in [-0.25, -0.2) is 9.97 Å². The molecule has 1 fully saturated rings. The molecule has 4 nitrogen and oxygen atoms in total. The monoisotopic (exact) mass is 316 g/mol. The van der Waals surface area contributed by atoms with Crippen molar-refractivity contribution >= 4 is 34.4 Å². The Bertz CT molecular complexity index is 608. The predicted octanol–water partition coefficient (Wildman–Crippen LogP) is 3.91. The quantitative estimate of drug-likeness (QED) is 0.637. The summed E-state index contributed by atoms with van der Waals surface area (Å²) in [5, 5.41) is 0.436. The summed E-state index contributed by atoms with van der Waals surface area (Å²) >= 11 is 11.9. The number of hydrogen-bond donors (Lipinski definition) is 0. The maximum Gasteiger partial charge on any atom is 0.225 e. The average molecular weight is 317 g/mol. The van der Waals surface area contributed by atoms with Gasteiger partial charge in [0.05, 0.1) is 13.0 Å². The number of imidazole rings is 1. The molecule has 0 unspecified atom stereocenters. The number of halogens is 3. The van der Waals surface area contributed by atoms with Gasteiger partial charge in [0, 0.05) is 6.54 Å². The van der Waals surface area contributed by atoms with E-state index in [4.69, 9.17) is 23.2 Å². The summed E-state index contributed by atoms with van der Waals surface area (Å²) in [4.78, 5) is 12.2. The van der Waals surface area contributed by atoms with Crippen LogP contribution in [-0.4, -0.2) is 26.2 Å². The van der Waals surface area contributed by atoms with E-state index in [1.807, 2.05) is 4.57 Å². The van der Waals surface area contributed by atoms with Gasteiger partial charge in [-0.2, -0.15) is 4.98 Å². The second-order valence-corrected chi connectivity index (χ2v) is 6.09. The molecule has 108 valence electrons. The Balaban J connectivity index is 1.78. The lowest BCUT2D eigenvalue weighted by Crippen LogP contribution is -2.19. The van der Waals surface area contributed by atoms with Crippen molar-refractivity contribution in [1.29, 1.82) is 0 Å². The van der Waals surface area contributed by atoms with Crippen molar-refractivity contribution in [2.45, 2.75) is 32.2 Å². The summed E-state index contributed by atoms with van der Waals surface area (Å²) in [5.74, 6) is 0.776. The van der Waals surface area contributed by atoms with Crippen LogP contribution in [0.4, 0.5) is 4.39 Å². The van der Waals surface area contributed by atoms with Gasteiger partial charge in [-0.3, -0.25) is 4.39 Å². The first-order valence-corrected chi connectivity index (χ1v) is 7.52. The van der Waals surface area contributed by atoms with Crippen LogP contribution in [0.2, 0.25) is 10.4 Å². The maximum absolute atomic E-state index is 12.6. The standard InChI is InChI=1S/C13H15Cl2FN4/c14-11-10-12(19-13(15)18-11)17-7-20(10)6-9-3-1-8(5-16)2-4-9/h7-9H,1-6H2/t8-,9-. The molecule has 0 N–H and O–H groups in total.